The molecule has 0 rings (SSSR count). The smallest absolute Gasteiger partial charge is 0.320 e. The highest BCUT2D eigenvalue weighted by Crippen LogP contribution is 2.05. The molecular formula is C6H11FN2O3. The molecule has 0 spiro atoms. The van der Waals surface area contributed by atoms with Gasteiger partial charge in [0.25, 0.3) is 0 Å². The molecule has 0 heterocycles. The standard InChI is InChI=1S/C6H11FN2O3/c7-2-3(5(9)10)1-4(8)6(11)12/h3-4H,1-2,8H2,(H2,9,10)(H,11,12)/i7+0. The van der Waals surface area contributed by atoms with E-state index < -0.39 is 30.5 Å². The average molecular weight is 178 g/mol. The normalized spacial score (nSPS) is 15.2. The Bertz CT molecular complexity index is 186. The lowest BCUT2D eigenvalue weighted by molar-refractivity contribution is -0.139. The number of alkyl halides is 1. The zero-order valence-electron chi connectivity index (χ0n) is 6.37. The van der Waals surface area contributed by atoms with Crippen LogP contribution >= 0.6 is 0 Å². The molecule has 0 aromatic rings. The molecule has 0 fully saturated rings. The Morgan fingerprint density at radius 2 is 2.00 bits per heavy atom. The van der Waals surface area contributed by atoms with Gasteiger partial charge in [0.1, 0.15) is 12.7 Å². The summed E-state index contributed by atoms with van der Waals surface area (Å²) in [5, 5.41) is 8.31. The van der Waals surface area contributed by atoms with Crippen LogP contribution in [0.4, 0.5) is 4.39 Å². The highest BCUT2D eigenvalue weighted by atomic mass is 19.1. The number of carboxylic acid groups (broad SMARTS) is 1. The number of nitrogens with two attached hydrogens (primary N) is 2. The number of amides is 1. The molecule has 5 nitrogen and oxygen atoms in total. The quantitative estimate of drug-likeness (QED) is 0.494. The van der Waals surface area contributed by atoms with Crippen molar-refractivity contribution in [3.8, 4) is 0 Å². The van der Waals surface area contributed by atoms with Crippen molar-refractivity contribution in [2.45, 2.75) is 12.5 Å². The van der Waals surface area contributed by atoms with Crippen LogP contribution in [0.2, 0.25) is 0 Å². The van der Waals surface area contributed by atoms with Crippen LogP contribution in [0, 0.1) is 5.92 Å². The van der Waals surface area contributed by atoms with Crippen molar-refractivity contribution >= 4 is 11.9 Å². The minimum Gasteiger partial charge on any atom is -0.480 e. The summed E-state index contributed by atoms with van der Waals surface area (Å²) in [4.78, 5) is 20.6. The first-order chi connectivity index (χ1) is 5.49. The number of aliphatic carboxylic acids is 1. The van der Waals surface area contributed by atoms with Crippen LogP contribution < -0.4 is 11.5 Å². The lowest BCUT2D eigenvalue weighted by atomic mass is 10.0. The molecule has 0 aliphatic carbocycles. The minimum atomic E-state index is -1.27. The molecule has 70 valence electrons. The van der Waals surface area contributed by atoms with Crippen molar-refractivity contribution < 1.29 is 19.1 Å². The van der Waals surface area contributed by atoms with E-state index in [2.05, 4.69) is 0 Å². The molecule has 0 radical (unpaired) electrons. The van der Waals surface area contributed by atoms with Gasteiger partial charge in [-0.3, -0.25) is 14.0 Å². The maximum Gasteiger partial charge on any atom is 0.320 e. The minimum absolute atomic E-state index is 0.263. The topological polar surface area (TPSA) is 106 Å². The first-order valence-electron chi connectivity index (χ1n) is 3.32. The second kappa shape index (κ2) is 4.66. The third-order valence-electron chi connectivity index (χ3n) is 1.44. The predicted octanol–water partition coefficient (Wildman–Crippen LogP) is -1.14. The lowest BCUT2D eigenvalue weighted by Gasteiger charge is -2.11. The van der Waals surface area contributed by atoms with E-state index in [1.54, 1.807) is 0 Å². The van der Waals surface area contributed by atoms with E-state index in [1.165, 1.54) is 0 Å². The molecule has 0 aliphatic rings. The Hall–Kier alpha value is -1.17. The van der Waals surface area contributed by atoms with Crippen LogP contribution in [-0.4, -0.2) is 29.7 Å². The van der Waals surface area contributed by atoms with E-state index in [1.807, 2.05) is 0 Å². The Labute approximate surface area is 68.5 Å². The van der Waals surface area contributed by atoms with Gasteiger partial charge in [0, 0.05) is 0 Å². The molecule has 0 aromatic carbocycles. The highest BCUT2D eigenvalue weighted by molar-refractivity contribution is 5.79. The van der Waals surface area contributed by atoms with Crippen LogP contribution in [0.3, 0.4) is 0 Å². The molecule has 2 unspecified atom stereocenters. The van der Waals surface area contributed by atoms with Crippen molar-refractivity contribution in [2.24, 2.45) is 17.4 Å². The summed E-state index contributed by atoms with van der Waals surface area (Å²) in [7, 11) is 0. The van der Waals surface area contributed by atoms with Crippen LogP contribution in [0.1, 0.15) is 6.42 Å². The second-order valence-electron chi connectivity index (χ2n) is 2.43. The molecule has 0 aromatic heterocycles. The number of carbonyl (C=O) groups is 2. The molecule has 0 aliphatic heterocycles. The Morgan fingerprint density at radius 3 is 2.25 bits per heavy atom. The van der Waals surface area contributed by atoms with Gasteiger partial charge in [-0.2, -0.15) is 0 Å². The van der Waals surface area contributed by atoms with Crippen molar-refractivity contribution in [2.75, 3.05) is 6.67 Å². The van der Waals surface area contributed by atoms with Crippen LogP contribution in [-0.2, 0) is 9.59 Å². The molecule has 1 amide bonds. The molecule has 0 saturated carbocycles. The Kier molecular flexibility index (Phi) is 4.20. The van der Waals surface area contributed by atoms with Gasteiger partial charge in [-0.15, -0.1) is 0 Å². The Balaban J connectivity index is 4.02. The fourth-order valence-electron chi connectivity index (χ4n) is 0.663. The molecule has 5 N–H and O–H groups in total. The maximum atomic E-state index is 12.0. The van der Waals surface area contributed by atoms with Gasteiger partial charge in [-0.1, -0.05) is 0 Å². The predicted molar refractivity (Wildman–Crippen MR) is 38.9 cm³/mol. The fourth-order valence-corrected chi connectivity index (χ4v) is 0.663. The molecule has 12 heavy (non-hydrogen) atoms. The first kappa shape index (κ1) is 10.8. The van der Waals surface area contributed by atoms with Crippen molar-refractivity contribution in [3.05, 3.63) is 0 Å². The van der Waals surface area contributed by atoms with E-state index in [0.29, 0.717) is 0 Å². The summed E-state index contributed by atoms with van der Waals surface area (Å²) in [5.41, 5.74) is 9.82. The monoisotopic (exact) mass is 178 g/mol. The summed E-state index contributed by atoms with van der Waals surface area (Å²) >= 11 is 0. The highest BCUT2D eigenvalue weighted by Gasteiger charge is 2.22. The van der Waals surface area contributed by atoms with E-state index in [4.69, 9.17) is 16.6 Å². The molecule has 6 heteroatoms. The zero-order valence-corrected chi connectivity index (χ0v) is 6.37. The number of hydrogen-bond acceptors (Lipinski definition) is 3. The van der Waals surface area contributed by atoms with Gasteiger partial charge in [-0.25, -0.2) is 0 Å². The van der Waals surface area contributed by atoms with Crippen LogP contribution in [0.15, 0.2) is 0 Å². The molecule has 2 atom stereocenters. The second-order valence-corrected chi connectivity index (χ2v) is 2.43. The SMILES string of the molecule is NC(=O)C(C[19F])CC(N)C(=O)O. The average Bonchev–Trinajstić information content (AvgIpc) is 1.98. The van der Waals surface area contributed by atoms with Gasteiger partial charge in [0.15, 0.2) is 0 Å². The summed E-state index contributed by atoms with van der Waals surface area (Å²) in [5.74, 6) is -3.24. The number of rotatable bonds is 5. The van der Waals surface area contributed by atoms with Crippen molar-refractivity contribution in [1.82, 2.24) is 0 Å². The van der Waals surface area contributed by atoms with Gasteiger partial charge >= 0.3 is 5.97 Å². The van der Waals surface area contributed by atoms with E-state index in [0.717, 1.165) is 0 Å². The number of carbonyl (C=O) groups excluding carboxylic acids is 1. The first-order valence-corrected chi connectivity index (χ1v) is 3.32. The van der Waals surface area contributed by atoms with Gasteiger partial charge in [-0.05, 0) is 6.42 Å². The summed E-state index contributed by atoms with van der Waals surface area (Å²) in [6.07, 6.45) is -0.263. The van der Waals surface area contributed by atoms with Crippen molar-refractivity contribution in [1.29, 1.82) is 0 Å². The third kappa shape index (κ3) is 3.29. The van der Waals surface area contributed by atoms with E-state index in [-0.39, 0.29) is 6.42 Å². The third-order valence-corrected chi connectivity index (χ3v) is 1.44. The summed E-state index contributed by atoms with van der Waals surface area (Å²) in [6, 6.07) is -1.24. The van der Waals surface area contributed by atoms with Crippen molar-refractivity contribution in [3.63, 3.8) is 0 Å². The zero-order chi connectivity index (χ0) is 9.72. The molecule has 0 saturated heterocycles. The number of hydrogen-bond donors (Lipinski definition) is 3. The largest absolute Gasteiger partial charge is 0.480 e. The fraction of sp³-hybridized carbons (Fsp3) is 0.667. The maximum absolute atomic E-state index is 12.0. The van der Waals surface area contributed by atoms with Crippen LogP contribution in [0.25, 0.3) is 0 Å². The van der Waals surface area contributed by atoms with Crippen LogP contribution in [0.5, 0.6) is 0 Å². The molecular weight excluding hydrogens is 167 g/mol. The number of carboxylic acids is 1. The van der Waals surface area contributed by atoms with E-state index in [9.17, 15) is 14.0 Å². The summed E-state index contributed by atoms with van der Waals surface area (Å²) < 4.78 is 12.0. The number of halogens is 1. The Morgan fingerprint density at radius 1 is 1.50 bits per heavy atom. The van der Waals surface area contributed by atoms with E-state index >= 15 is 0 Å². The van der Waals surface area contributed by atoms with Gasteiger partial charge < -0.3 is 16.6 Å². The summed E-state index contributed by atoms with van der Waals surface area (Å²) in [6.45, 7) is -0.976. The number of primary amides is 1. The molecule has 0 bridgehead atoms. The van der Waals surface area contributed by atoms with Gasteiger partial charge in [0.05, 0.1) is 5.92 Å². The lowest BCUT2D eigenvalue weighted by Crippen LogP contribution is -2.37. The van der Waals surface area contributed by atoms with Gasteiger partial charge in [0.2, 0.25) is 5.91 Å².